The molecule has 0 aromatic heterocycles. The third kappa shape index (κ3) is 8.16. The monoisotopic (exact) mass is 343 g/mol. The van der Waals surface area contributed by atoms with Gasteiger partial charge in [-0.25, -0.2) is 8.42 Å². The maximum atomic E-state index is 12.0. The summed E-state index contributed by atoms with van der Waals surface area (Å²) in [6, 6.07) is 6.75. The van der Waals surface area contributed by atoms with E-state index in [0.29, 0.717) is 18.0 Å². The first kappa shape index (κ1) is 18.1. The minimum absolute atomic E-state index is 0.356. The van der Waals surface area contributed by atoms with Gasteiger partial charge in [-0.1, -0.05) is 12.1 Å². The van der Waals surface area contributed by atoms with E-state index in [0.717, 1.165) is 12.0 Å². The smallest absolute Gasteiger partial charge is 0.284 e. The highest BCUT2D eigenvalue weighted by molar-refractivity contribution is 7.92. The molecule has 0 bridgehead atoms. The minimum Gasteiger partial charge on any atom is -0.284 e. The van der Waals surface area contributed by atoms with Crippen molar-refractivity contribution in [3.63, 3.8) is 0 Å². The van der Waals surface area contributed by atoms with Gasteiger partial charge in [0, 0.05) is 18.0 Å². The third-order valence-corrected chi connectivity index (χ3v) is 4.31. The van der Waals surface area contributed by atoms with Gasteiger partial charge in [-0.2, -0.15) is 13.2 Å². The van der Waals surface area contributed by atoms with Gasteiger partial charge < -0.3 is 0 Å². The van der Waals surface area contributed by atoms with Crippen LogP contribution >= 0.6 is 11.6 Å². The first-order valence-corrected chi connectivity index (χ1v) is 8.63. The summed E-state index contributed by atoms with van der Waals surface area (Å²) in [7, 11) is -3.77. The number of rotatable bonds is 8. The standard InChI is InChI=1S/C13H17ClF3NO2S/c14-8-2-5-11-4-1-6-12(10-11)18-21(19,20)9-3-7-13(15,16)17/h1,4,6,10,18H,2-3,5,7-9H2. The first-order valence-electron chi connectivity index (χ1n) is 6.44. The Balaban J connectivity index is 2.58. The molecular weight excluding hydrogens is 327 g/mol. The van der Waals surface area contributed by atoms with E-state index in [4.69, 9.17) is 11.6 Å². The topological polar surface area (TPSA) is 46.2 Å². The zero-order valence-electron chi connectivity index (χ0n) is 11.3. The number of anilines is 1. The molecule has 0 spiro atoms. The lowest BCUT2D eigenvalue weighted by Crippen LogP contribution is -2.18. The lowest BCUT2D eigenvalue weighted by molar-refractivity contribution is -0.134. The molecule has 1 aromatic rings. The molecule has 0 aliphatic carbocycles. The van der Waals surface area contributed by atoms with Crippen LogP contribution in [-0.2, 0) is 16.4 Å². The van der Waals surface area contributed by atoms with Crippen molar-refractivity contribution in [1.29, 1.82) is 0 Å². The Morgan fingerprint density at radius 3 is 2.52 bits per heavy atom. The summed E-state index contributed by atoms with van der Waals surface area (Å²) < 4.78 is 61.7. The Bertz CT molecular complexity index is 547. The summed E-state index contributed by atoms with van der Waals surface area (Å²) >= 11 is 5.59. The molecule has 0 amide bonds. The van der Waals surface area contributed by atoms with Crippen LogP contribution in [-0.4, -0.2) is 26.2 Å². The molecule has 0 saturated heterocycles. The molecule has 0 fully saturated rings. The predicted octanol–water partition coefficient (Wildman–Crippen LogP) is 3.94. The summed E-state index contributed by atoms with van der Waals surface area (Å²) in [6.07, 6.45) is -4.41. The van der Waals surface area contributed by atoms with Gasteiger partial charge in [0.05, 0.1) is 5.75 Å². The third-order valence-electron chi connectivity index (χ3n) is 2.67. The van der Waals surface area contributed by atoms with E-state index in [-0.39, 0.29) is 0 Å². The number of aryl methyl sites for hydroxylation is 1. The van der Waals surface area contributed by atoms with Crippen LogP contribution in [0.3, 0.4) is 0 Å². The molecule has 1 rings (SSSR count). The number of nitrogens with one attached hydrogen (secondary N) is 1. The largest absolute Gasteiger partial charge is 0.389 e. The van der Waals surface area contributed by atoms with Crippen LogP contribution in [0.4, 0.5) is 18.9 Å². The Labute approximate surface area is 127 Å². The summed E-state index contributed by atoms with van der Waals surface area (Å²) in [5.74, 6) is -0.0498. The van der Waals surface area contributed by atoms with E-state index in [2.05, 4.69) is 4.72 Å². The lowest BCUT2D eigenvalue weighted by atomic mass is 10.1. The van der Waals surface area contributed by atoms with Gasteiger partial charge in [-0.3, -0.25) is 4.72 Å². The summed E-state index contributed by atoms with van der Waals surface area (Å²) in [6.45, 7) is 0. The fourth-order valence-corrected chi connectivity index (χ4v) is 3.00. The fourth-order valence-electron chi connectivity index (χ4n) is 1.75. The molecule has 0 aliphatic heterocycles. The molecular formula is C13H17ClF3NO2S. The number of hydrogen-bond donors (Lipinski definition) is 1. The van der Waals surface area contributed by atoms with Gasteiger partial charge in [-0.15, -0.1) is 11.6 Å². The van der Waals surface area contributed by atoms with Crippen molar-refractivity contribution in [2.75, 3.05) is 16.4 Å². The molecule has 0 unspecified atom stereocenters. The Morgan fingerprint density at radius 2 is 1.90 bits per heavy atom. The molecule has 21 heavy (non-hydrogen) atoms. The Kier molecular flexibility index (Phi) is 6.80. The van der Waals surface area contributed by atoms with Crippen molar-refractivity contribution < 1.29 is 21.6 Å². The second kappa shape index (κ2) is 7.89. The van der Waals surface area contributed by atoms with Gasteiger partial charge in [0.15, 0.2) is 0 Å². The molecule has 8 heteroatoms. The average molecular weight is 344 g/mol. The molecule has 120 valence electrons. The van der Waals surface area contributed by atoms with E-state index in [1.54, 1.807) is 18.2 Å². The molecule has 3 nitrogen and oxygen atoms in total. The Morgan fingerprint density at radius 1 is 1.19 bits per heavy atom. The van der Waals surface area contributed by atoms with Gasteiger partial charge in [0.2, 0.25) is 10.0 Å². The van der Waals surface area contributed by atoms with E-state index < -0.39 is 34.8 Å². The summed E-state index contributed by atoms with van der Waals surface area (Å²) in [5.41, 5.74) is 1.28. The van der Waals surface area contributed by atoms with E-state index >= 15 is 0 Å². The summed E-state index contributed by atoms with van der Waals surface area (Å²) in [5, 5.41) is 0. The highest BCUT2D eigenvalue weighted by Gasteiger charge is 2.27. The first-order chi connectivity index (χ1) is 9.72. The molecule has 0 atom stereocenters. The van der Waals surface area contributed by atoms with Gasteiger partial charge in [0.25, 0.3) is 0 Å². The molecule has 1 aromatic carbocycles. The molecule has 0 saturated carbocycles. The second-order valence-electron chi connectivity index (χ2n) is 4.63. The van der Waals surface area contributed by atoms with Crippen LogP contribution in [0.15, 0.2) is 24.3 Å². The van der Waals surface area contributed by atoms with Gasteiger partial charge in [0.1, 0.15) is 0 Å². The SMILES string of the molecule is O=S(=O)(CCCC(F)(F)F)Nc1cccc(CCCCl)c1. The van der Waals surface area contributed by atoms with Crippen molar-refractivity contribution in [3.8, 4) is 0 Å². The molecule has 0 heterocycles. The minimum atomic E-state index is -4.34. The van der Waals surface area contributed by atoms with E-state index in [1.807, 2.05) is 6.07 Å². The number of halogens is 4. The van der Waals surface area contributed by atoms with Crippen molar-refractivity contribution in [2.45, 2.75) is 31.9 Å². The van der Waals surface area contributed by atoms with Crippen molar-refractivity contribution in [3.05, 3.63) is 29.8 Å². The lowest BCUT2D eigenvalue weighted by Gasteiger charge is -2.10. The number of benzene rings is 1. The van der Waals surface area contributed by atoms with E-state index in [9.17, 15) is 21.6 Å². The predicted molar refractivity (Wildman–Crippen MR) is 78.2 cm³/mol. The van der Waals surface area contributed by atoms with Crippen molar-refractivity contribution >= 4 is 27.3 Å². The quantitative estimate of drug-likeness (QED) is 0.727. The fraction of sp³-hybridized carbons (Fsp3) is 0.538. The van der Waals surface area contributed by atoms with Crippen LogP contribution in [0, 0.1) is 0 Å². The van der Waals surface area contributed by atoms with Crippen LogP contribution in [0.5, 0.6) is 0 Å². The van der Waals surface area contributed by atoms with Crippen LogP contribution in [0.25, 0.3) is 0 Å². The van der Waals surface area contributed by atoms with Gasteiger partial charge >= 0.3 is 6.18 Å². The zero-order chi connectivity index (χ0) is 15.9. The van der Waals surface area contributed by atoms with Crippen molar-refractivity contribution in [2.24, 2.45) is 0 Å². The van der Waals surface area contributed by atoms with Crippen molar-refractivity contribution in [1.82, 2.24) is 0 Å². The normalized spacial score (nSPS) is 12.4. The Hall–Kier alpha value is -0.950. The number of hydrogen-bond acceptors (Lipinski definition) is 2. The number of sulfonamides is 1. The zero-order valence-corrected chi connectivity index (χ0v) is 12.9. The maximum Gasteiger partial charge on any atom is 0.389 e. The highest BCUT2D eigenvalue weighted by atomic mass is 35.5. The molecule has 0 radical (unpaired) electrons. The maximum absolute atomic E-state index is 12.0. The molecule has 1 N–H and O–H groups in total. The molecule has 0 aliphatic rings. The van der Waals surface area contributed by atoms with Gasteiger partial charge in [-0.05, 0) is 37.0 Å². The van der Waals surface area contributed by atoms with E-state index in [1.165, 1.54) is 0 Å². The van der Waals surface area contributed by atoms with Crippen LogP contribution in [0.1, 0.15) is 24.8 Å². The second-order valence-corrected chi connectivity index (χ2v) is 6.85. The summed E-state index contributed by atoms with van der Waals surface area (Å²) in [4.78, 5) is 0. The number of alkyl halides is 4. The average Bonchev–Trinajstić information content (AvgIpc) is 2.34. The van der Waals surface area contributed by atoms with Crippen LogP contribution in [0.2, 0.25) is 0 Å². The highest BCUT2D eigenvalue weighted by Crippen LogP contribution is 2.22. The van der Waals surface area contributed by atoms with Crippen LogP contribution < -0.4 is 4.72 Å².